The Hall–Kier alpha value is -3.47. The Bertz CT molecular complexity index is 1420. The number of piperazine rings is 1. The maximum atomic E-state index is 15.1. The van der Waals surface area contributed by atoms with E-state index in [4.69, 9.17) is 14.7 Å². The number of pyridine rings is 1. The van der Waals surface area contributed by atoms with Gasteiger partial charge in [-0.15, -0.1) is 0 Å². The van der Waals surface area contributed by atoms with E-state index in [1.165, 1.54) is 12.1 Å². The SMILES string of the molecule is C[C@@H]1CN(c2ccc(Cc3ncc4ccn(-c5cc(F)c(CN6CCOCC6)c(F)c5)c4n3)cn2)C[C@H](C)N1. The van der Waals surface area contributed by atoms with Gasteiger partial charge in [0.05, 0.1) is 18.9 Å². The highest BCUT2D eigenvalue weighted by atomic mass is 19.1. The van der Waals surface area contributed by atoms with Crippen molar-refractivity contribution in [1.82, 2.24) is 29.7 Å². The second-order valence-electron chi connectivity index (χ2n) is 10.6. The number of anilines is 1. The molecule has 0 saturated carbocycles. The number of ether oxygens (including phenoxy) is 1. The fraction of sp³-hybridized carbons (Fsp3) is 0.414. The lowest BCUT2D eigenvalue weighted by Gasteiger charge is -2.36. The van der Waals surface area contributed by atoms with Crippen LogP contribution in [-0.2, 0) is 17.7 Å². The van der Waals surface area contributed by atoms with Gasteiger partial charge in [-0.05, 0) is 43.7 Å². The van der Waals surface area contributed by atoms with Gasteiger partial charge in [0.1, 0.15) is 28.9 Å². The standard InChI is InChI=1S/C29H33F2N7O/c1-19-16-37(17-20(2)34-19)28-4-3-21(14-33-28)11-27-32-15-22-5-6-38(29(22)35-27)23-12-25(30)24(26(31)13-23)18-36-7-9-39-10-8-36/h3-6,12-15,19-20,34H,7-11,16-18H2,1-2H3/t19-,20+. The van der Waals surface area contributed by atoms with E-state index >= 15 is 8.78 Å². The lowest BCUT2D eigenvalue weighted by Crippen LogP contribution is -2.54. The molecule has 0 amide bonds. The Morgan fingerprint density at radius 3 is 2.41 bits per heavy atom. The molecule has 2 aliphatic heterocycles. The van der Waals surface area contributed by atoms with Gasteiger partial charge in [-0.25, -0.2) is 23.7 Å². The number of aromatic nitrogens is 4. The van der Waals surface area contributed by atoms with Crippen LogP contribution in [0, 0.1) is 11.6 Å². The third kappa shape index (κ3) is 5.63. The minimum Gasteiger partial charge on any atom is -0.379 e. The number of nitrogens with one attached hydrogen (secondary N) is 1. The quantitative estimate of drug-likeness (QED) is 0.405. The summed E-state index contributed by atoms with van der Waals surface area (Å²) in [6, 6.07) is 9.53. The summed E-state index contributed by atoms with van der Waals surface area (Å²) in [5.74, 6) is 0.454. The average Bonchev–Trinajstić information content (AvgIpc) is 3.34. The zero-order valence-corrected chi connectivity index (χ0v) is 22.3. The monoisotopic (exact) mass is 533 g/mol. The van der Waals surface area contributed by atoms with Crippen molar-refractivity contribution >= 4 is 16.9 Å². The molecule has 6 rings (SSSR count). The van der Waals surface area contributed by atoms with E-state index in [2.05, 4.69) is 35.1 Å². The van der Waals surface area contributed by atoms with Crippen LogP contribution in [0.2, 0.25) is 0 Å². The molecule has 0 radical (unpaired) electrons. The lowest BCUT2D eigenvalue weighted by atomic mass is 10.1. The predicted octanol–water partition coefficient (Wildman–Crippen LogP) is 3.70. The first-order chi connectivity index (χ1) is 18.9. The van der Waals surface area contributed by atoms with Crippen molar-refractivity contribution in [2.24, 2.45) is 0 Å². The molecule has 0 spiro atoms. The fourth-order valence-corrected chi connectivity index (χ4v) is 5.51. The van der Waals surface area contributed by atoms with Gasteiger partial charge in [0.15, 0.2) is 0 Å². The second-order valence-corrected chi connectivity index (χ2v) is 10.6. The topological polar surface area (TPSA) is 71.3 Å². The number of rotatable bonds is 6. The maximum Gasteiger partial charge on any atom is 0.148 e. The molecule has 1 N–H and O–H groups in total. The number of benzene rings is 1. The molecule has 204 valence electrons. The van der Waals surface area contributed by atoms with Crippen molar-refractivity contribution in [3.63, 3.8) is 0 Å². The van der Waals surface area contributed by atoms with E-state index < -0.39 is 11.6 Å². The maximum absolute atomic E-state index is 15.1. The first-order valence-electron chi connectivity index (χ1n) is 13.5. The number of halogens is 2. The highest BCUT2D eigenvalue weighted by molar-refractivity contribution is 5.77. The van der Waals surface area contributed by atoms with Gasteiger partial charge in [-0.2, -0.15) is 0 Å². The molecule has 4 aromatic rings. The van der Waals surface area contributed by atoms with Crippen molar-refractivity contribution in [1.29, 1.82) is 0 Å². The van der Waals surface area contributed by atoms with E-state index in [1.807, 2.05) is 23.2 Å². The van der Waals surface area contributed by atoms with Crippen molar-refractivity contribution in [3.05, 3.63) is 77.5 Å². The molecule has 2 aliphatic rings. The Labute approximate surface area is 226 Å². The summed E-state index contributed by atoms with van der Waals surface area (Å²) in [4.78, 5) is 18.3. The molecule has 0 aliphatic carbocycles. The molecule has 2 saturated heterocycles. The third-order valence-electron chi connectivity index (χ3n) is 7.42. The summed E-state index contributed by atoms with van der Waals surface area (Å²) < 4.78 is 37.2. The van der Waals surface area contributed by atoms with Crippen LogP contribution in [0.15, 0.2) is 48.9 Å². The van der Waals surface area contributed by atoms with Gasteiger partial charge in [0, 0.05) is 80.8 Å². The van der Waals surface area contributed by atoms with Crippen LogP contribution in [0.25, 0.3) is 16.7 Å². The summed E-state index contributed by atoms with van der Waals surface area (Å²) in [5, 5.41) is 4.34. The highest BCUT2D eigenvalue weighted by Crippen LogP contribution is 2.24. The van der Waals surface area contributed by atoms with Crippen LogP contribution in [-0.4, -0.2) is 75.9 Å². The van der Waals surface area contributed by atoms with Gasteiger partial charge in [0.2, 0.25) is 0 Å². The predicted molar refractivity (Wildman–Crippen MR) is 146 cm³/mol. The van der Waals surface area contributed by atoms with E-state index in [-0.39, 0.29) is 12.1 Å². The van der Waals surface area contributed by atoms with Crippen LogP contribution in [0.3, 0.4) is 0 Å². The first-order valence-corrected chi connectivity index (χ1v) is 13.5. The first kappa shape index (κ1) is 25.8. The van der Waals surface area contributed by atoms with E-state index in [1.54, 1.807) is 17.0 Å². The van der Waals surface area contributed by atoms with Gasteiger partial charge in [-0.1, -0.05) is 6.07 Å². The molecule has 5 heterocycles. The van der Waals surface area contributed by atoms with Gasteiger partial charge >= 0.3 is 0 Å². The van der Waals surface area contributed by atoms with Crippen LogP contribution in [0.4, 0.5) is 14.6 Å². The van der Waals surface area contributed by atoms with Crippen LogP contribution in [0.5, 0.6) is 0 Å². The normalized spacial score (nSPS) is 20.6. The van der Waals surface area contributed by atoms with Gasteiger partial charge in [-0.3, -0.25) is 4.90 Å². The highest BCUT2D eigenvalue weighted by Gasteiger charge is 2.22. The lowest BCUT2D eigenvalue weighted by molar-refractivity contribution is 0.0332. The molecule has 8 nitrogen and oxygen atoms in total. The molecule has 0 bridgehead atoms. The average molecular weight is 534 g/mol. The molecule has 0 unspecified atom stereocenters. The largest absolute Gasteiger partial charge is 0.379 e. The summed E-state index contributed by atoms with van der Waals surface area (Å²) in [7, 11) is 0. The molecule has 39 heavy (non-hydrogen) atoms. The third-order valence-corrected chi connectivity index (χ3v) is 7.42. The Morgan fingerprint density at radius 2 is 1.72 bits per heavy atom. The smallest absolute Gasteiger partial charge is 0.148 e. The summed E-state index contributed by atoms with van der Waals surface area (Å²) in [5.41, 5.74) is 2.07. The van der Waals surface area contributed by atoms with Crippen LogP contribution in [0.1, 0.15) is 30.8 Å². The summed E-state index contributed by atoms with van der Waals surface area (Å²) in [6.07, 6.45) is 5.89. The number of fused-ring (bicyclic) bond motifs is 1. The zero-order valence-electron chi connectivity index (χ0n) is 22.3. The van der Waals surface area contributed by atoms with Crippen LogP contribution >= 0.6 is 0 Å². The summed E-state index contributed by atoms with van der Waals surface area (Å²) >= 11 is 0. The summed E-state index contributed by atoms with van der Waals surface area (Å²) in [6.45, 7) is 8.91. The molecule has 2 fully saturated rings. The van der Waals surface area contributed by atoms with Crippen LogP contribution < -0.4 is 10.2 Å². The number of morpholine rings is 1. The number of hydrogen-bond acceptors (Lipinski definition) is 7. The molecular weight excluding hydrogens is 500 g/mol. The number of nitrogens with zero attached hydrogens (tertiary/aromatic N) is 6. The van der Waals surface area contributed by atoms with Gasteiger partial charge in [0.25, 0.3) is 0 Å². The minimum atomic E-state index is -0.563. The Balaban J connectivity index is 1.21. The Kier molecular flexibility index (Phi) is 7.24. The molecule has 1 aromatic carbocycles. The molecule has 2 atom stereocenters. The van der Waals surface area contributed by atoms with E-state index in [0.29, 0.717) is 62.0 Å². The molecule has 10 heteroatoms. The minimum absolute atomic E-state index is 0.0769. The molecular formula is C29H33F2N7O. The Morgan fingerprint density at radius 1 is 0.974 bits per heavy atom. The van der Waals surface area contributed by atoms with Crippen molar-refractivity contribution < 1.29 is 13.5 Å². The van der Waals surface area contributed by atoms with Crippen molar-refractivity contribution in [3.8, 4) is 5.69 Å². The number of hydrogen-bond donors (Lipinski definition) is 1. The zero-order chi connectivity index (χ0) is 26.9. The van der Waals surface area contributed by atoms with Crippen molar-refractivity contribution in [2.45, 2.75) is 38.9 Å². The second kappa shape index (κ2) is 11.0. The van der Waals surface area contributed by atoms with Crippen molar-refractivity contribution in [2.75, 3.05) is 44.3 Å². The van der Waals surface area contributed by atoms with E-state index in [9.17, 15) is 0 Å². The fourth-order valence-electron chi connectivity index (χ4n) is 5.51. The molecule has 3 aromatic heterocycles. The van der Waals surface area contributed by atoms with Gasteiger partial charge < -0.3 is 19.5 Å². The van der Waals surface area contributed by atoms with E-state index in [0.717, 1.165) is 29.9 Å².